The van der Waals surface area contributed by atoms with Crippen LogP contribution in [0.25, 0.3) is 0 Å². The summed E-state index contributed by atoms with van der Waals surface area (Å²) in [5, 5.41) is 6.34. The number of fused-ring (bicyclic) bond motifs is 1. The highest BCUT2D eigenvalue weighted by Crippen LogP contribution is 2.23. The number of nitrogens with one attached hydrogen (secondary N) is 2. The van der Waals surface area contributed by atoms with Crippen molar-refractivity contribution in [2.45, 2.75) is 32.2 Å². The molecule has 1 aliphatic rings. The molecular formula is C17H20N2O2. The standard InChI is InChI=1S/C17H20N2O2/c1-12(4-7-15-3-2-10-21-15)19-17(20)14-6-5-13-8-9-18-16(13)11-14/h2-3,5-6,10-12,18H,4,7-9H2,1H3,(H,19,20). The van der Waals surface area contributed by atoms with Gasteiger partial charge in [-0.05, 0) is 49.6 Å². The fourth-order valence-electron chi connectivity index (χ4n) is 2.62. The molecule has 0 saturated carbocycles. The van der Waals surface area contributed by atoms with Crippen molar-refractivity contribution in [1.82, 2.24) is 5.32 Å². The first-order valence-electron chi connectivity index (χ1n) is 7.42. The van der Waals surface area contributed by atoms with Gasteiger partial charge in [-0.25, -0.2) is 0 Å². The Bertz CT molecular complexity index is 620. The summed E-state index contributed by atoms with van der Waals surface area (Å²) in [6.07, 6.45) is 4.41. The molecule has 1 atom stereocenters. The summed E-state index contributed by atoms with van der Waals surface area (Å²) >= 11 is 0. The first-order valence-corrected chi connectivity index (χ1v) is 7.42. The van der Waals surface area contributed by atoms with E-state index in [1.165, 1.54) is 5.56 Å². The first-order chi connectivity index (χ1) is 10.2. The van der Waals surface area contributed by atoms with Crippen molar-refractivity contribution >= 4 is 11.6 Å². The largest absolute Gasteiger partial charge is 0.469 e. The molecule has 1 aliphatic heterocycles. The zero-order chi connectivity index (χ0) is 14.7. The predicted molar refractivity (Wildman–Crippen MR) is 82.6 cm³/mol. The third-order valence-corrected chi connectivity index (χ3v) is 3.86. The van der Waals surface area contributed by atoms with E-state index >= 15 is 0 Å². The van der Waals surface area contributed by atoms with E-state index in [1.54, 1.807) is 6.26 Å². The molecule has 0 bridgehead atoms. The van der Waals surface area contributed by atoms with Crippen LogP contribution in [-0.2, 0) is 12.8 Å². The molecule has 4 heteroatoms. The molecule has 0 radical (unpaired) electrons. The first kappa shape index (κ1) is 13.7. The quantitative estimate of drug-likeness (QED) is 0.887. The number of furan rings is 1. The second kappa shape index (κ2) is 6.04. The summed E-state index contributed by atoms with van der Waals surface area (Å²) in [6, 6.07) is 9.84. The van der Waals surface area contributed by atoms with E-state index in [0.29, 0.717) is 5.56 Å². The Morgan fingerprint density at radius 2 is 2.33 bits per heavy atom. The highest BCUT2D eigenvalue weighted by molar-refractivity contribution is 5.95. The number of benzene rings is 1. The number of anilines is 1. The van der Waals surface area contributed by atoms with Crippen LogP contribution in [0.4, 0.5) is 5.69 Å². The van der Waals surface area contributed by atoms with Crippen LogP contribution in [0.15, 0.2) is 41.0 Å². The van der Waals surface area contributed by atoms with Crippen LogP contribution >= 0.6 is 0 Å². The zero-order valence-corrected chi connectivity index (χ0v) is 12.2. The molecule has 2 N–H and O–H groups in total. The van der Waals surface area contributed by atoms with Gasteiger partial charge in [0.25, 0.3) is 5.91 Å². The van der Waals surface area contributed by atoms with Gasteiger partial charge < -0.3 is 15.1 Å². The van der Waals surface area contributed by atoms with E-state index in [9.17, 15) is 4.79 Å². The molecule has 3 rings (SSSR count). The summed E-state index contributed by atoms with van der Waals surface area (Å²) < 4.78 is 5.30. The monoisotopic (exact) mass is 284 g/mol. The smallest absolute Gasteiger partial charge is 0.251 e. The number of amides is 1. The topological polar surface area (TPSA) is 54.3 Å². The average molecular weight is 284 g/mol. The molecule has 1 aromatic carbocycles. The van der Waals surface area contributed by atoms with Crippen molar-refractivity contribution in [3.63, 3.8) is 0 Å². The molecule has 0 aliphatic carbocycles. The SMILES string of the molecule is CC(CCc1ccco1)NC(=O)c1ccc2c(c1)NCC2. The van der Waals surface area contributed by atoms with Gasteiger partial charge in [-0.1, -0.05) is 6.07 Å². The van der Waals surface area contributed by atoms with Crippen LogP contribution in [-0.4, -0.2) is 18.5 Å². The Balaban J connectivity index is 1.55. The van der Waals surface area contributed by atoms with Gasteiger partial charge in [0.05, 0.1) is 6.26 Å². The van der Waals surface area contributed by atoms with Gasteiger partial charge in [0.1, 0.15) is 5.76 Å². The van der Waals surface area contributed by atoms with Gasteiger partial charge in [0.2, 0.25) is 0 Å². The Kier molecular flexibility index (Phi) is 3.95. The molecule has 4 nitrogen and oxygen atoms in total. The molecule has 21 heavy (non-hydrogen) atoms. The second-order valence-electron chi connectivity index (χ2n) is 5.54. The molecule has 1 unspecified atom stereocenters. The lowest BCUT2D eigenvalue weighted by Gasteiger charge is -2.13. The molecular weight excluding hydrogens is 264 g/mol. The van der Waals surface area contributed by atoms with Crippen LogP contribution in [0.2, 0.25) is 0 Å². The van der Waals surface area contributed by atoms with Crippen molar-refractivity contribution in [1.29, 1.82) is 0 Å². The van der Waals surface area contributed by atoms with Gasteiger partial charge >= 0.3 is 0 Å². The maximum Gasteiger partial charge on any atom is 0.251 e. The van der Waals surface area contributed by atoms with Gasteiger partial charge in [0, 0.05) is 30.3 Å². The van der Waals surface area contributed by atoms with E-state index in [2.05, 4.69) is 10.6 Å². The number of carbonyl (C=O) groups excluding carboxylic acids is 1. The van der Waals surface area contributed by atoms with Crippen molar-refractivity contribution < 1.29 is 9.21 Å². The van der Waals surface area contributed by atoms with Crippen LogP contribution in [0.1, 0.15) is 35.0 Å². The summed E-state index contributed by atoms with van der Waals surface area (Å²) in [5.74, 6) is 0.941. The molecule has 110 valence electrons. The second-order valence-corrected chi connectivity index (χ2v) is 5.54. The molecule has 1 aromatic heterocycles. The van der Waals surface area contributed by atoms with Crippen LogP contribution in [0.5, 0.6) is 0 Å². The lowest BCUT2D eigenvalue weighted by atomic mass is 10.1. The van der Waals surface area contributed by atoms with E-state index in [4.69, 9.17) is 4.42 Å². The number of hydrogen-bond donors (Lipinski definition) is 2. The average Bonchev–Trinajstić information content (AvgIpc) is 3.15. The van der Waals surface area contributed by atoms with Crippen molar-refractivity contribution in [3.8, 4) is 0 Å². The van der Waals surface area contributed by atoms with Gasteiger partial charge in [0.15, 0.2) is 0 Å². The maximum atomic E-state index is 12.3. The summed E-state index contributed by atoms with van der Waals surface area (Å²) in [7, 11) is 0. The van der Waals surface area contributed by atoms with Crippen molar-refractivity contribution in [2.24, 2.45) is 0 Å². The zero-order valence-electron chi connectivity index (χ0n) is 12.2. The normalized spacial score (nSPS) is 14.3. The predicted octanol–water partition coefficient (Wildman–Crippen LogP) is 3.00. The van der Waals surface area contributed by atoms with E-state index in [0.717, 1.165) is 37.3 Å². The molecule has 0 fully saturated rings. The minimum atomic E-state index is -0.0153. The van der Waals surface area contributed by atoms with E-state index < -0.39 is 0 Å². The minimum absolute atomic E-state index is 0.0153. The van der Waals surface area contributed by atoms with Crippen molar-refractivity contribution in [3.05, 3.63) is 53.5 Å². The highest BCUT2D eigenvalue weighted by Gasteiger charge is 2.15. The number of hydrogen-bond acceptors (Lipinski definition) is 3. The number of rotatable bonds is 5. The van der Waals surface area contributed by atoms with Crippen molar-refractivity contribution in [2.75, 3.05) is 11.9 Å². The van der Waals surface area contributed by atoms with E-state index in [-0.39, 0.29) is 11.9 Å². The Hall–Kier alpha value is -2.23. The molecule has 2 heterocycles. The van der Waals surface area contributed by atoms with Crippen LogP contribution in [0, 0.1) is 0 Å². The van der Waals surface area contributed by atoms with Gasteiger partial charge in [-0.3, -0.25) is 4.79 Å². The van der Waals surface area contributed by atoms with Crippen LogP contribution < -0.4 is 10.6 Å². The molecule has 2 aromatic rings. The lowest BCUT2D eigenvalue weighted by molar-refractivity contribution is 0.0938. The lowest BCUT2D eigenvalue weighted by Crippen LogP contribution is -2.32. The Labute approximate surface area is 124 Å². The molecule has 0 saturated heterocycles. The maximum absolute atomic E-state index is 12.3. The third-order valence-electron chi connectivity index (χ3n) is 3.86. The fourth-order valence-corrected chi connectivity index (χ4v) is 2.62. The van der Waals surface area contributed by atoms with E-state index in [1.807, 2.05) is 37.3 Å². The molecule has 0 spiro atoms. The molecule has 1 amide bonds. The van der Waals surface area contributed by atoms with Gasteiger partial charge in [-0.15, -0.1) is 0 Å². The minimum Gasteiger partial charge on any atom is -0.469 e. The third kappa shape index (κ3) is 3.27. The summed E-state index contributed by atoms with van der Waals surface area (Å²) in [6.45, 7) is 2.98. The number of carbonyl (C=O) groups is 1. The highest BCUT2D eigenvalue weighted by atomic mass is 16.3. The van der Waals surface area contributed by atoms with Crippen LogP contribution in [0.3, 0.4) is 0 Å². The number of aryl methyl sites for hydroxylation is 1. The summed E-state index contributed by atoms with van der Waals surface area (Å²) in [5.41, 5.74) is 3.09. The fraction of sp³-hybridized carbons (Fsp3) is 0.353. The van der Waals surface area contributed by atoms with Gasteiger partial charge in [-0.2, -0.15) is 0 Å². The summed E-state index contributed by atoms with van der Waals surface area (Å²) in [4.78, 5) is 12.3. The Morgan fingerprint density at radius 1 is 1.43 bits per heavy atom. The Morgan fingerprint density at radius 3 is 3.14 bits per heavy atom.